The summed E-state index contributed by atoms with van der Waals surface area (Å²) in [7, 11) is 0. The zero-order chi connectivity index (χ0) is 14.5. The molecule has 0 aliphatic rings. The van der Waals surface area contributed by atoms with Gasteiger partial charge in [-0.15, -0.1) is 10.2 Å². The molecule has 1 aromatic carbocycles. The van der Waals surface area contributed by atoms with Crippen molar-refractivity contribution in [3.63, 3.8) is 0 Å². The molecule has 0 saturated carbocycles. The third kappa shape index (κ3) is 3.89. The Hall–Kier alpha value is -2.21. The van der Waals surface area contributed by atoms with Gasteiger partial charge in [-0.25, -0.2) is 0 Å². The van der Waals surface area contributed by atoms with Crippen LogP contribution in [0.25, 0.3) is 0 Å². The summed E-state index contributed by atoms with van der Waals surface area (Å²) < 4.78 is 5.47. The Morgan fingerprint density at radius 1 is 1.35 bits per heavy atom. The minimum atomic E-state index is -0.215. The summed E-state index contributed by atoms with van der Waals surface area (Å²) in [5.41, 5.74) is 1.49. The highest BCUT2D eigenvalue weighted by Gasteiger charge is 2.09. The second kappa shape index (κ2) is 6.29. The molecule has 104 valence electrons. The number of nitrogens with one attached hydrogen (secondary N) is 1. The lowest BCUT2D eigenvalue weighted by Crippen LogP contribution is -2.11. The molecule has 0 unspecified atom stereocenters. The van der Waals surface area contributed by atoms with Gasteiger partial charge >= 0.3 is 0 Å². The fourth-order valence-electron chi connectivity index (χ4n) is 1.43. The fourth-order valence-corrected chi connectivity index (χ4v) is 2.01. The summed E-state index contributed by atoms with van der Waals surface area (Å²) in [5, 5.41) is 11.7. The number of anilines is 1. The van der Waals surface area contributed by atoms with Crippen LogP contribution in [0, 0.1) is 6.92 Å². The third-order valence-electron chi connectivity index (χ3n) is 2.35. The van der Waals surface area contributed by atoms with E-state index in [9.17, 15) is 4.79 Å². The van der Waals surface area contributed by atoms with Crippen molar-refractivity contribution in [2.24, 2.45) is 0 Å². The van der Waals surface area contributed by atoms with E-state index in [1.807, 2.05) is 13.8 Å². The summed E-state index contributed by atoms with van der Waals surface area (Å²) in [6.07, 6.45) is 0. The number of hydrogen-bond acceptors (Lipinski definition) is 5. The third-order valence-corrected chi connectivity index (χ3v) is 3.10. The molecule has 0 aliphatic heterocycles. The van der Waals surface area contributed by atoms with Crippen LogP contribution in [0.4, 0.5) is 5.13 Å². The summed E-state index contributed by atoms with van der Waals surface area (Å²) in [5.74, 6) is 0.490. The average Bonchev–Trinajstić information content (AvgIpc) is 2.82. The van der Waals surface area contributed by atoms with Gasteiger partial charge in [0.1, 0.15) is 17.4 Å². The Kier molecular flexibility index (Phi) is 4.47. The number of hydrogen-bond donors (Lipinski definition) is 1. The van der Waals surface area contributed by atoms with Crippen molar-refractivity contribution in [3.8, 4) is 5.75 Å². The second-order valence-electron chi connectivity index (χ2n) is 4.35. The van der Waals surface area contributed by atoms with E-state index >= 15 is 0 Å². The highest BCUT2D eigenvalue weighted by Crippen LogP contribution is 2.17. The van der Waals surface area contributed by atoms with Crippen molar-refractivity contribution in [2.75, 3.05) is 11.9 Å². The first kappa shape index (κ1) is 14.2. The van der Waals surface area contributed by atoms with Gasteiger partial charge in [-0.2, -0.15) is 0 Å². The van der Waals surface area contributed by atoms with Crippen LogP contribution < -0.4 is 10.1 Å². The lowest BCUT2D eigenvalue weighted by atomic mass is 10.2. The van der Waals surface area contributed by atoms with Crippen molar-refractivity contribution < 1.29 is 9.53 Å². The van der Waals surface area contributed by atoms with Gasteiger partial charge in [0.2, 0.25) is 5.13 Å². The van der Waals surface area contributed by atoms with Crippen LogP contribution in [-0.4, -0.2) is 22.7 Å². The first-order chi connectivity index (χ1) is 9.54. The van der Waals surface area contributed by atoms with E-state index in [1.54, 1.807) is 24.3 Å². The summed E-state index contributed by atoms with van der Waals surface area (Å²) in [6, 6.07) is 6.92. The average molecular weight is 289 g/mol. The van der Waals surface area contributed by atoms with E-state index in [-0.39, 0.29) is 5.91 Å². The maximum atomic E-state index is 12.0. The van der Waals surface area contributed by atoms with Gasteiger partial charge in [0.15, 0.2) is 0 Å². The molecule has 1 heterocycles. The van der Waals surface area contributed by atoms with Gasteiger partial charge in [-0.05, 0) is 43.7 Å². The molecular weight excluding hydrogens is 274 g/mol. The van der Waals surface area contributed by atoms with Crippen molar-refractivity contribution >= 4 is 22.4 Å². The number of carbonyl (C=O) groups is 1. The lowest BCUT2D eigenvalue weighted by molar-refractivity contribution is 0.102. The Labute approximate surface area is 121 Å². The Bertz CT molecular complexity index is 620. The molecule has 0 atom stereocenters. The van der Waals surface area contributed by atoms with Crippen LogP contribution in [0.3, 0.4) is 0 Å². The first-order valence-corrected chi connectivity index (χ1v) is 6.85. The molecule has 1 N–H and O–H groups in total. The predicted octanol–water partition coefficient (Wildman–Crippen LogP) is 3.05. The van der Waals surface area contributed by atoms with Gasteiger partial charge < -0.3 is 4.74 Å². The molecule has 5 nitrogen and oxygen atoms in total. The first-order valence-electron chi connectivity index (χ1n) is 6.03. The van der Waals surface area contributed by atoms with Gasteiger partial charge in [0, 0.05) is 5.56 Å². The van der Waals surface area contributed by atoms with Crippen LogP contribution in [0.1, 0.15) is 22.3 Å². The lowest BCUT2D eigenvalue weighted by Gasteiger charge is -2.06. The van der Waals surface area contributed by atoms with Crippen LogP contribution in [0.15, 0.2) is 36.4 Å². The quantitative estimate of drug-likeness (QED) is 0.859. The largest absolute Gasteiger partial charge is 0.489 e. The summed E-state index contributed by atoms with van der Waals surface area (Å²) in [4.78, 5) is 12.0. The van der Waals surface area contributed by atoms with Gasteiger partial charge in [-0.1, -0.05) is 17.9 Å². The highest BCUT2D eigenvalue weighted by molar-refractivity contribution is 7.15. The number of aromatic nitrogens is 2. The molecule has 0 bridgehead atoms. The highest BCUT2D eigenvalue weighted by atomic mass is 32.1. The van der Waals surface area contributed by atoms with Crippen LogP contribution in [0.5, 0.6) is 5.75 Å². The number of aryl methyl sites for hydroxylation is 1. The maximum absolute atomic E-state index is 12.0. The number of benzene rings is 1. The minimum absolute atomic E-state index is 0.215. The molecule has 2 rings (SSSR count). The van der Waals surface area contributed by atoms with Crippen molar-refractivity contribution in [1.82, 2.24) is 10.2 Å². The minimum Gasteiger partial charge on any atom is -0.489 e. The van der Waals surface area contributed by atoms with E-state index in [0.29, 0.717) is 23.1 Å². The molecule has 2 aromatic rings. The van der Waals surface area contributed by atoms with E-state index in [4.69, 9.17) is 4.74 Å². The summed E-state index contributed by atoms with van der Waals surface area (Å²) >= 11 is 1.34. The van der Waals surface area contributed by atoms with Gasteiger partial charge in [-0.3, -0.25) is 10.1 Å². The van der Waals surface area contributed by atoms with Crippen molar-refractivity contribution in [3.05, 3.63) is 47.0 Å². The van der Waals surface area contributed by atoms with Crippen molar-refractivity contribution in [1.29, 1.82) is 0 Å². The second-order valence-corrected chi connectivity index (χ2v) is 5.53. The Morgan fingerprint density at radius 3 is 2.60 bits per heavy atom. The Morgan fingerprint density at radius 2 is 2.05 bits per heavy atom. The van der Waals surface area contributed by atoms with Crippen LogP contribution in [-0.2, 0) is 0 Å². The standard InChI is InChI=1S/C14H15N3O2S/c1-9(2)8-19-12-6-4-11(5-7-12)13(18)15-14-17-16-10(3)20-14/h4-7H,1,8H2,2-3H3,(H,15,17,18). The molecule has 20 heavy (non-hydrogen) atoms. The maximum Gasteiger partial charge on any atom is 0.257 e. The predicted molar refractivity (Wildman–Crippen MR) is 79.4 cm³/mol. The molecule has 0 fully saturated rings. The van der Waals surface area contributed by atoms with E-state index in [2.05, 4.69) is 22.1 Å². The molecule has 1 amide bonds. The molecule has 0 spiro atoms. The number of carbonyl (C=O) groups excluding carboxylic acids is 1. The van der Waals surface area contributed by atoms with E-state index < -0.39 is 0 Å². The molecule has 0 saturated heterocycles. The topological polar surface area (TPSA) is 64.1 Å². The Balaban J connectivity index is 1.98. The van der Waals surface area contributed by atoms with E-state index in [1.165, 1.54) is 11.3 Å². The monoisotopic (exact) mass is 289 g/mol. The SMILES string of the molecule is C=C(C)COc1ccc(C(=O)Nc2nnc(C)s2)cc1. The fraction of sp³-hybridized carbons (Fsp3) is 0.214. The number of amides is 1. The summed E-state index contributed by atoms with van der Waals surface area (Å²) in [6.45, 7) is 7.96. The van der Waals surface area contributed by atoms with E-state index in [0.717, 1.165) is 10.6 Å². The number of rotatable bonds is 5. The molecule has 6 heteroatoms. The molecule has 1 aromatic heterocycles. The zero-order valence-corrected chi connectivity index (χ0v) is 12.2. The smallest absolute Gasteiger partial charge is 0.257 e. The normalized spacial score (nSPS) is 10.1. The van der Waals surface area contributed by atoms with Crippen LogP contribution in [0.2, 0.25) is 0 Å². The van der Waals surface area contributed by atoms with Gasteiger partial charge in [0.05, 0.1) is 0 Å². The number of nitrogens with zero attached hydrogens (tertiary/aromatic N) is 2. The zero-order valence-electron chi connectivity index (χ0n) is 11.3. The van der Waals surface area contributed by atoms with Crippen molar-refractivity contribution in [2.45, 2.75) is 13.8 Å². The number of ether oxygens (including phenoxy) is 1. The molecule has 0 aliphatic carbocycles. The van der Waals surface area contributed by atoms with Crippen LogP contribution >= 0.6 is 11.3 Å². The molecule has 0 radical (unpaired) electrons. The van der Waals surface area contributed by atoms with Gasteiger partial charge in [0.25, 0.3) is 5.91 Å². The molecular formula is C14H15N3O2S.